The van der Waals surface area contributed by atoms with E-state index in [-0.39, 0.29) is 84.5 Å². The summed E-state index contributed by atoms with van der Waals surface area (Å²) in [5.74, 6) is -7.29. The topological polar surface area (TPSA) is 246 Å². The van der Waals surface area contributed by atoms with Crippen molar-refractivity contribution in [2.24, 2.45) is 0 Å². The molecule has 0 saturated carbocycles. The average molecular weight is 563 g/mol. The van der Waals surface area contributed by atoms with Gasteiger partial charge in [0, 0.05) is 71.6 Å². The highest BCUT2D eigenvalue weighted by Crippen LogP contribution is 2.15. The molecule has 16 heteroatoms. The van der Waals surface area contributed by atoms with Gasteiger partial charge in [0.1, 0.15) is 18.1 Å². The third-order valence-electron chi connectivity index (χ3n) is 6.57. The van der Waals surface area contributed by atoms with Crippen molar-refractivity contribution in [2.45, 2.75) is 56.7 Å². The molecule has 0 aliphatic carbocycles. The smallest absolute Gasteiger partial charge is 0.320 e. The highest BCUT2D eigenvalue weighted by Gasteiger charge is 2.32. The molecule has 1 rings (SSSR count). The number of aliphatic carboxylic acids is 6. The summed E-state index contributed by atoms with van der Waals surface area (Å²) in [5.41, 5.74) is 0. The van der Waals surface area contributed by atoms with Crippen LogP contribution >= 0.6 is 0 Å². The SMILES string of the molecule is O=C(O)CCC(C(=O)O)N1CCNCCN(C(CCC(=O)O)C(=O)O)CCN(C(CCC(=O)O)C(=O)O)CC1. The summed E-state index contributed by atoms with van der Waals surface area (Å²) < 4.78 is 0. The number of nitrogens with zero attached hydrogens (tertiary/aromatic N) is 3. The third-order valence-corrected chi connectivity index (χ3v) is 6.57. The van der Waals surface area contributed by atoms with Gasteiger partial charge in [-0.3, -0.25) is 43.5 Å². The summed E-state index contributed by atoms with van der Waals surface area (Å²) in [6.45, 7) is 0.866. The van der Waals surface area contributed by atoms with Crippen LogP contribution in [0, 0.1) is 0 Å². The van der Waals surface area contributed by atoms with Crippen LogP contribution in [0.2, 0.25) is 0 Å². The monoisotopic (exact) mass is 562 g/mol. The Bertz CT molecular complexity index is 820. The summed E-state index contributed by atoms with van der Waals surface area (Å²) in [7, 11) is 0. The number of rotatable bonds is 15. The molecule has 222 valence electrons. The Morgan fingerprint density at radius 2 is 0.744 bits per heavy atom. The van der Waals surface area contributed by atoms with Gasteiger partial charge >= 0.3 is 35.8 Å². The van der Waals surface area contributed by atoms with Gasteiger partial charge in [0.15, 0.2) is 0 Å². The minimum absolute atomic E-state index is 0.0197. The summed E-state index contributed by atoms with van der Waals surface area (Å²) in [5, 5.41) is 59.6. The van der Waals surface area contributed by atoms with Crippen molar-refractivity contribution >= 4 is 35.8 Å². The van der Waals surface area contributed by atoms with Crippen LogP contribution in [0.1, 0.15) is 38.5 Å². The molecule has 0 aromatic heterocycles. The maximum Gasteiger partial charge on any atom is 0.320 e. The minimum Gasteiger partial charge on any atom is -0.481 e. The number of carboxylic acid groups (broad SMARTS) is 6. The van der Waals surface area contributed by atoms with Crippen molar-refractivity contribution in [2.75, 3.05) is 52.4 Å². The Morgan fingerprint density at radius 1 is 0.487 bits per heavy atom. The van der Waals surface area contributed by atoms with Gasteiger partial charge < -0.3 is 36.0 Å². The molecule has 7 N–H and O–H groups in total. The van der Waals surface area contributed by atoms with E-state index in [4.69, 9.17) is 15.3 Å². The lowest BCUT2D eigenvalue weighted by Crippen LogP contribution is -2.54. The number of hydrogen-bond acceptors (Lipinski definition) is 10. The van der Waals surface area contributed by atoms with E-state index in [1.165, 1.54) is 14.7 Å². The first-order valence-electron chi connectivity index (χ1n) is 12.6. The molecule has 3 atom stereocenters. The van der Waals surface area contributed by atoms with Crippen LogP contribution in [-0.4, -0.2) is 152 Å². The molecule has 16 nitrogen and oxygen atoms in total. The minimum atomic E-state index is -1.30. The van der Waals surface area contributed by atoms with E-state index < -0.39 is 60.4 Å². The fourth-order valence-corrected chi connectivity index (χ4v) is 4.52. The second-order valence-corrected chi connectivity index (χ2v) is 9.22. The van der Waals surface area contributed by atoms with Gasteiger partial charge in [0.05, 0.1) is 0 Å². The average Bonchev–Trinajstić information content (AvgIpc) is 2.81. The summed E-state index contributed by atoms with van der Waals surface area (Å²) in [4.78, 5) is 73.8. The van der Waals surface area contributed by atoms with Crippen LogP contribution in [0.4, 0.5) is 0 Å². The fraction of sp³-hybridized carbons (Fsp3) is 0.739. The normalized spacial score (nSPS) is 19.1. The van der Waals surface area contributed by atoms with Crippen molar-refractivity contribution in [3.63, 3.8) is 0 Å². The first-order chi connectivity index (χ1) is 18.3. The van der Waals surface area contributed by atoms with Crippen LogP contribution in [0.15, 0.2) is 0 Å². The quantitative estimate of drug-likeness (QED) is 0.119. The number of nitrogens with one attached hydrogen (secondary N) is 1. The van der Waals surface area contributed by atoms with Crippen LogP contribution < -0.4 is 5.32 Å². The Morgan fingerprint density at radius 3 is 0.974 bits per heavy atom. The van der Waals surface area contributed by atoms with E-state index in [1.54, 1.807) is 0 Å². The highest BCUT2D eigenvalue weighted by molar-refractivity contribution is 5.76. The Balaban J connectivity index is 3.27. The van der Waals surface area contributed by atoms with E-state index in [1.807, 2.05) is 0 Å². The molecule has 1 saturated heterocycles. The molecule has 39 heavy (non-hydrogen) atoms. The molecule has 1 heterocycles. The van der Waals surface area contributed by atoms with Gasteiger partial charge in [-0.1, -0.05) is 0 Å². The maximum atomic E-state index is 12.1. The molecular weight excluding hydrogens is 524 g/mol. The van der Waals surface area contributed by atoms with E-state index in [0.29, 0.717) is 0 Å². The van der Waals surface area contributed by atoms with Crippen LogP contribution in [0.25, 0.3) is 0 Å². The molecular formula is C23H38N4O12. The van der Waals surface area contributed by atoms with Crippen molar-refractivity contribution in [1.82, 2.24) is 20.0 Å². The van der Waals surface area contributed by atoms with Crippen molar-refractivity contribution in [3.8, 4) is 0 Å². The molecule has 0 amide bonds. The zero-order valence-corrected chi connectivity index (χ0v) is 21.6. The second kappa shape index (κ2) is 17.3. The summed E-state index contributed by atoms with van der Waals surface area (Å²) in [6.07, 6.45) is -1.83. The lowest BCUT2D eigenvalue weighted by atomic mass is 10.1. The van der Waals surface area contributed by atoms with Crippen molar-refractivity contribution < 1.29 is 59.4 Å². The summed E-state index contributed by atoms with van der Waals surface area (Å²) in [6, 6.07) is -3.58. The lowest BCUT2D eigenvalue weighted by Gasteiger charge is -2.37. The van der Waals surface area contributed by atoms with Gasteiger partial charge in [-0.15, -0.1) is 0 Å². The maximum absolute atomic E-state index is 12.1. The lowest BCUT2D eigenvalue weighted by molar-refractivity contribution is -0.148. The zero-order valence-electron chi connectivity index (χ0n) is 21.6. The van der Waals surface area contributed by atoms with E-state index >= 15 is 0 Å². The molecule has 3 unspecified atom stereocenters. The van der Waals surface area contributed by atoms with E-state index in [0.717, 1.165) is 0 Å². The van der Waals surface area contributed by atoms with E-state index in [9.17, 15) is 44.1 Å². The highest BCUT2D eigenvalue weighted by atomic mass is 16.4. The Labute approximate surface area is 224 Å². The summed E-state index contributed by atoms with van der Waals surface area (Å²) >= 11 is 0. The third kappa shape index (κ3) is 12.8. The first-order valence-corrected chi connectivity index (χ1v) is 12.6. The van der Waals surface area contributed by atoms with Crippen LogP contribution in [0.3, 0.4) is 0 Å². The molecule has 0 spiro atoms. The van der Waals surface area contributed by atoms with Gasteiger partial charge in [-0.25, -0.2) is 0 Å². The van der Waals surface area contributed by atoms with Gasteiger partial charge in [-0.2, -0.15) is 0 Å². The Hall–Kier alpha value is -3.34. The van der Waals surface area contributed by atoms with Crippen LogP contribution in [-0.2, 0) is 28.8 Å². The number of hydrogen-bond donors (Lipinski definition) is 7. The van der Waals surface area contributed by atoms with Gasteiger partial charge in [-0.05, 0) is 19.3 Å². The molecule has 0 bridgehead atoms. The zero-order chi connectivity index (χ0) is 29.5. The molecule has 0 radical (unpaired) electrons. The van der Waals surface area contributed by atoms with Gasteiger partial charge in [0.2, 0.25) is 0 Å². The predicted octanol–water partition coefficient (Wildman–Crippen LogP) is -1.55. The predicted molar refractivity (Wildman–Crippen MR) is 132 cm³/mol. The van der Waals surface area contributed by atoms with Crippen molar-refractivity contribution in [3.05, 3.63) is 0 Å². The second-order valence-electron chi connectivity index (χ2n) is 9.22. The molecule has 1 aliphatic heterocycles. The largest absolute Gasteiger partial charge is 0.481 e. The molecule has 0 aromatic carbocycles. The Kier molecular flexibility index (Phi) is 14.9. The van der Waals surface area contributed by atoms with Crippen LogP contribution in [0.5, 0.6) is 0 Å². The van der Waals surface area contributed by atoms with Gasteiger partial charge in [0.25, 0.3) is 0 Å². The molecule has 1 aliphatic rings. The molecule has 0 aromatic rings. The fourth-order valence-electron chi connectivity index (χ4n) is 4.52. The standard InChI is InChI=1S/C23H38N4O12/c28-18(29)4-1-15(21(34)35)25-9-7-24-8-10-26(16(22(36)37)2-5-19(30)31)12-14-27(13-11-25)17(23(38)39)3-6-20(32)33/h15-17,24H,1-14H2,(H,28,29)(H,30,31)(H,32,33)(H,34,35)(H,36,37)(H,38,39). The molecule has 1 fully saturated rings. The first kappa shape index (κ1) is 33.7. The van der Waals surface area contributed by atoms with E-state index in [2.05, 4.69) is 5.32 Å². The number of carboxylic acids is 6. The van der Waals surface area contributed by atoms with Crippen molar-refractivity contribution in [1.29, 1.82) is 0 Å². The number of carbonyl (C=O) groups is 6.